The molecule has 0 aliphatic rings. The highest BCUT2D eigenvalue weighted by Gasteiger charge is 2.20. The van der Waals surface area contributed by atoms with E-state index in [1.807, 2.05) is 0 Å². The van der Waals surface area contributed by atoms with Crippen LogP contribution in [0.3, 0.4) is 0 Å². The lowest BCUT2D eigenvalue weighted by atomic mass is 10.2. The van der Waals surface area contributed by atoms with E-state index in [0.29, 0.717) is 12.4 Å². The van der Waals surface area contributed by atoms with Crippen molar-refractivity contribution in [2.75, 3.05) is 7.11 Å². The Labute approximate surface area is 78.3 Å². The molecule has 0 unspecified atom stereocenters. The van der Waals surface area contributed by atoms with Crippen LogP contribution in [-0.2, 0) is 0 Å². The second-order valence-electron chi connectivity index (χ2n) is 2.42. The lowest BCUT2D eigenvalue weighted by molar-refractivity contribution is -0.386. The third-order valence-electron chi connectivity index (χ3n) is 1.59. The molecular formula is C8H6FNO4. The minimum absolute atomic E-state index is 0.181. The molecular weight excluding hydrogens is 193 g/mol. The molecule has 0 saturated carbocycles. The molecule has 1 aromatic carbocycles. The van der Waals surface area contributed by atoms with Gasteiger partial charge in [0.15, 0.2) is 6.29 Å². The van der Waals surface area contributed by atoms with Crippen LogP contribution in [0.4, 0.5) is 10.1 Å². The third kappa shape index (κ3) is 1.68. The van der Waals surface area contributed by atoms with E-state index in [9.17, 15) is 19.3 Å². The van der Waals surface area contributed by atoms with Gasteiger partial charge in [-0.05, 0) is 6.07 Å². The molecule has 0 amide bonds. The van der Waals surface area contributed by atoms with Gasteiger partial charge in [-0.1, -0.05) is 0 Å². The van der Waals surface area contributed by atoms with E-state index >= 15 is 0 Å². The molecule has 0 aliphatic heterocycles. The molecule has 0 spiro atoms. The van der Waals surface area contributed by atoms with E-state index in [0.717, 1.165) is 6.07 Å². The Morgan fingerprint density at radius 2 is 2.21 bits per heavy atom. The number of carbonyl (C=O) groups excluding carboxylic acids is 1. The highest BCUT2D eigenvalue weighted by molar-refractivity contribution is 5.82. The first-order chi connectivity index (χ1) is 6.60. The number of nitro groups is 1. The first-order valence-electron chi connectivity index (χ1n) is 3.57. The molecule has 0 heterocycles. The molecule has 0 radical (unpaired) electrons. The van der Waals surface area contributed by atoms with E-state index in [4.69, 9.17) is 0 Å². The largest absolute Gasteiger partial charge is 0.490 e. The maximum absolute atomic E-state index is 12.8. The highest BCUT2D eigenvalue weighted by atomic mass is 19.1. The van der Waals surface area contributed by atoms with Gasteiger partial charge in [-0.2, -0.15) is 0 Å². The van der Waals surface area contributed by atoms with Gasteiger partial charge in [-0.25, -0.2) is 4.39 Å². The maximum Gasteiger partial charge on any atom is 0.314 e. The summed E-state index contributed by atoms with van der Waals surface area (Å²) < 4.78 is 17.4. The van der Waals surface area contributed by atoms with Crippen LogP contribution in [0.1, 0.15) is 10.4 Å². The Kier molecular flexibility index (Phi) is 2.76. The summed E-state index contributed by atoms with van der Waals surface area (Å²) in [7, 11) is 1.17. The number of hydrogen-bond acceptors (Lipinski definition) is 4. The van der Waals surface area contributed by atoms with Crippen molar-refractivity contribution in [3.05, 3.63) is 33.6 Å². The van der Waals surface area contributed by atoms with E-state index in [2.05, 4.69) is 4.74 Å². The lowest BCUT2D eigenvalue weighted by Gasteiger charge is -2.03. The van der Waals surface area contributed by atoms with Crippen LogP contribution >= 0.6 is 0 Å². The zero-order valence-electron chi connectivity index (χ0n) is 7.19. The van der Waals surface area contributed by atoms with E-state index in [1.54, 1.807) is 0 Å². The normalized spacial score (nSPS) is 9.57. The third-order valence-corrected chi connectivity index (χ3v) is 1.59. The monoisotopic (exact) mass is 199 g/mol. The van der Waals surface area contributed by atoms with Gasteiger partial charge in [0.05, 0.1) is 23.7 Å². The van der Waals surface area contributed by atoms with Crippen LogP contribution < -0.4 is 4.74 Å². The fourth-order valence-corrected chi connectivity index (χ4v) is 1.05. The van der Waals surface area contributed by atoms with Crippen LogP contribution in [0.25, 0.3) is 0 Å². The topological polar surface area (TPSA) is 69.4 Å². The SMILES string of the molecule is COc1c(C=O)cc(F)cc1[N+](=O)[O-]. The number of methoxy groups -OCH3 is 1. The molecule has 1 aromatic rings. The first kappa shape index (κ1) is 10.1. The van der Waals surface area contributed by atoms with Crippen molar-refractivity contribution >= 4 is 12.0 Å². The van der Waals surface area contributed by atoms with Crippen molar-refractivity contribution in [1.29, 1.82) is 0 Å². The van der Waals surface area contributed by atoms with Crippen molar-refractivity contribution < 1.29 is 18.8 Å². The molecule has 74 valence electrons. The summed E-state index contributed by atoms with van der Waals surface area (Å²) in [5.41, 5.74) is -0.742. The van der Waals surface area contributed by atoms with Crippen molar-refractivity contribution in [2.24, 2.45) is 0 Å². The van der Waals surface area contributed by atoms with Gasteiger partial charge < -0.3 is 4.74 Å². The van der Waals surface area contributed by atoms with Gasteiger partial charge in [0, 0.05) is 0 Å². The summed E-state index contributed by atoms with van der Waals surface area (Å²) in [6.07, 6.45) is 0.301. The Hall–Kier alpha value is -1.98. The Bertz CT molecular complexity index is 391. The van der Waals surface area contributed by atoms with Crippen molar-refractivity contribution in [3.8, 4) is 5.75 Å². The average molecular weight is 199 g/mol. The number of hydrogen-bond donors (Lipinski definition) is 0. The van der Waals surface area contributed by atoms with Gasteiger partial charge in [0.1, 0.15) is 5.82 Å². The molecule has 1 rings (SSSR count). The van der Waals surface area contributed by atoms with Crippen LogP contribution in [0.15, 0.2) is 12.1 Å². The number of benzene rings is 1. The Balaban J connectivity index is 3.46. The number of ether oxygens (including phenoxy) is 1. The van der Waals surface area contributed by atoms with Gasteiger partial charge in [-0.3, -0.25) is 14.9 Å². The summed E-state index contributed by atoms with van der Waals surface area (Å²) in [5.74, 6) is -1.08. The number of carbonyl (C=O) groups is 1. The Morgan fingerprint density at radius 3 is 2.64 bits per heavy atom. The number of nitrogens with zero attached hydrogens (tertiary/aromatic N) is 1. The van der Waals surface area contributed by atoms with E-state index < -0.39 is 16.4 Å². The summed E-state index contributed by atoms with van der Waals surface area (Å²) in [6.45, 7) is 0. The molecule has 0 saturated heterocycles. The van der Waals surface area contributed by atoms with Crippen LogP contribution in [0, 0.1) is 15.9 Å². The zero-order valence-corrected chi connectivity index (χ0v) is 7.19. The van der Waals surface area contributed by atoms with Gasteiger partial charge in [0.2, 0.25) is 5.75 Å². The predicted molar refractivity (Wildman–Crippen MR) is 45.0 cm³/mol. The molecule has 5 nitrogen and oxygen atoms in total. The van der Waals surface area contributed by atoms with Gasteiger partial charge in [-0.15, -0.1) is 0 Å². The molecule has 0 fully saturated rings. The molecule has 0 N–H and O–H groups in total. The molecule has 0 bridgehead atoms. The van der Waals surface area contributed by atoms with Crippen molar-refractivity contribution in [3.63, 3.8) is 0 Å². The van der Waals surface area contributed by atoms with Crippen molar-refractivity contribution in [1.82, 2.24) is 0 Å². The zero-order chi connectivity index (χ0) is 10.7. The van der Waals surface area contributed by atoms with Crippen LogP contribution in [-0.4, -0.2) is 18.3 Å². The number of rotatable bonds is 3. The standard InChI is InChI=1S/C8H6FNO4/c1-14-8-5(4-11)2-6(9)3-7(8)10(12)13/h2-4H,1H3. The van der Waals surface area contributed by atoms with Crippen molar-refractivity contribution in [2.45, 2.75) is 0 Å². The quantitative estimate of drug-likeness (QED) is 0.420. The molecule has 0 aliphatic carbocycles. The summed E-state index contributed by atoms with van der Waals surface area (Å²) in [5, 5.41) is 10.4. The number of nitro benzene ring substituents is 1. The summed E-state index contributed by atoms with van der Waals surface area (Å²) in [6, 6.07) is 1.57. The fraction of sp³-hybridized carbons (Fsp3) is 0.125. The van der Waals surface area contributed by atoms with Crippen LogP contribution in [0.5, 0.6) is 5.75 Å². The maximum atomic E-state index is 12.8. The number of aldehydes is 1. The van der Waals surface area contributed by atoms with E-state index in [-0.39, 0.29) is 11.3 Å². The first-order valence-corrected chi connectivity index (χ1v) is 3.57. The summed E-state index contributed by atoms with van der Waals surface area (Å²) >= 11 is 0. The second-order valence-corrected chi connectivity index (χ2v) is 2.42. The highest BCUT2D eigenvalue weighted by Crippen LogP contribution is 2.30. The van der Waals surface area contributed by atoms with Gasteiger partial charge in [0.25, 0.3) is 0 Å². The fourth-order valence-electron chi connectivity index (χ4n) is 1.05. The second kappa shape index (κ2) is 3.82. The minimum atomic E-state index is -0.848. The molecule has 0 aromatic heterocycles. The van der Waals surface area contributed by atoms with Crippen LogP contribution in [0.2, 0.25) is 0 Å². The Morgan fingerprint density at radius 1 is 1.57 bits per heavy atom. The van der Waals surface area contributed by atoms with E-state index in [1.165, 1.54) is 7.11 Å². The molecule has 0 atom stereocenters. The number of halogens is 1. The molecule has 6 heteroatoms. The summed E-state index contributed by atoms with van der Waals surface area (Å²) in [4.78, 5) is 20.1. The lowest BCUT2D eigenvalue weighted by Crippen LogP contribution is -1.98. The van der Waals surface area contributed by atoms with Gasteiger partial charge >= 0.3 is 5.69 Å². The minimum Gasteiger partial charge on any atom is -0.490 e. The average Bonchev–Trinajstić information content (AvgIpc) is 2.16. The smallest absolute Gasteiger partial charge is 0.314 e. The predicted octanol–water partition coefficient (Wildman–Crippen LogP) is 1.55. The molecule has 14 heavy (non-hydrogen) atoms.